The summed E-state index contributed by atoms with van der Waals surface area (Å²) in [5, 5.41) is 13.0. The van der Waals surface area contributed by atoms with Crippen LogP contribution in [0.2, 0.25) is 5.02 Å². The highest BCUT2D eigenvalue weighted by Gasteiger charge is 2.34. The van der Waals surface area contributed by atoms with Crippen LogP contribution in [0.15, 0.2) is 48.5 Å². The standard InChI is InChI=1S/C19H16ClN5O2/c20-14-7-5-6-13(12-14)17-21-23-25(22-17)11-4-3-10-24-18(26)15-8-1-2-9-16(15)19(24)27/h1-2,5-9,12H,3-4,10-11H2. The molecule has 7 nitrogen and oxygen atoms in total. The van der Waals surface area contributed by atoms with Gasteiger partial charge in [0.15, 0.2) is 0 Å². The zero-order valence-electron chi connectivity index (χ0n) is 14.4. The van der Waals surface area contributed by atoms with Crippen molar-refractivity contribution in [2.75, 3.05) is 6.54 Å². The number of amides is 2. The molecule has 1 aliphatic heterocycles. The Morgan fingerprint density at radius 3 is 2.30 bits per heavy atom. The summed E-state index contributed by atoms with van der Waals surface area (Å²) in [4.78, 5) is 27.4. The van der Waals surface area contributed by atoms with Gasteiger partial charge in [-0.15, -0.1) is 10.2 Å². The molecule has 2 aromatic carbocycles. The molecule has 1 aromatic heterocycles. The third-order valence-corrected chi connectivity index (χ3v) is 4.64. The van der Waals surface area contributed by atoms with E-state index in [1.165, 1.54) is 9.70 Å². The number of hydrogen-bond acceptors (Lipinski definition) is 5. The summed E-state index contributed by atoms with van der Waals surface area (Å²) in [5.74, 6) is 0.0632. The van der Waals surface area contributed by atoms with Gasteiger partial charge in [-0.25, -0.2) is 0 Å². The fraction of sp³-hybridized carbons (Fsp3) is 0.211. The SMILES string of the molecule is O=C1c2ccccc2C(=O)N1CCCCn1nnc(-c2cccc(Cl)c2)n1. The molecular weight excluding hydrogens is 366 g/mol. The number of tetrazole rings is 1. The third kappa shape index (κ3) is 3.46. The molecule has 27 heavy (non-hydrogen) atoms. The Labute approximate surface area is 160 Å². The highest BCUT2D eigenvalue weighted by Crippen LogP contribution is 2.23. The zero-order valence-corrected chi connectivity index (χ0v) is 15.1. The third-order valence-electron chi connectivity index (χ3n) is 4.40. The van der Waals surface area contributed by atoms with Gasteiger partial charge in [0.2, 0.25) is 5.82 Å². The van der Waals surface area contributed by atoms with Crippen molar-refractivity contribution in [3.63, 3.8) is 0 Å². The van der Waals surface area contributed by atoms with Crippen molar-refractivity contribution in [1.29, 1.82) is 0 Å². The number of aromatic nitrogens is 4. The molecule has 4 rings (SSSR count). The van der Waals surface area contributed by atoms with Crippen LogP contribution in [-0.2, 0) is 6.54 Å². The first-order valence-corrected chi connectivity index (χ1v) is 9.00. The summed E-state index contributed by atoms with van der Waals surface area (Å²) in [6.07, 6.45) is 1.39. The summed E-state index contributed by atoms with van der Waals surface area (Å²) < 4.78 is 0. The Morgan fingerprint density at radius 2 is 1.59 bits per heavy atom. The molecule has 136 valence electrons. The molecule has 0 atom stereocenters. The molecule has 0 radical (unpaired) electrons. The Bertz CT molecular complexity index is 982. The lowest BCUT2D eigenvalue weighted by Gasteiger charge is -2.13. The summed E-state index contributed by atoms with van der Waals surface area (Å²) in [7, 11) is 0. The monoisotopic (exact) mass is 381 g/mol. The first-order valence-electron chi connectivity index (χ1n) is 8.62. The number of aryl methyl sites for hydroxylation is 1. The number of fused-ring (bicyclic) bond motifs is 1. The molecule has 8 heteroatoms. The van der Waals surface area contributed by atoms with Crippen molar-refractivity contribution in [3.05, 3.63) is 64.7 Å². The predicted octanol–water partition coefficient (Wildman–Crippen LogP) is 3.07. The highest BCUT2D eigenvalue weighted by molar-refractivity contribution is 6.30. The Balaban J connectivity index is 1.31. The van der Waals surface area contributed by atoms with Crippen LogP contribution in [0.4, 0.5) is 0 Å². The minimum atomic E-state index is -0.224. The van der Waals surface area contributed by atoms with Crippen LogP contribution in [-0.4, -0.2) is 43.5 Å². The number of rotatable bonds is 6. The average molecular weight is 382 g/mol. The van der Waals surface area contributed by atoms with Gasteiger partial charge in [0.25, 0.3) is 11.8 Å². The second-order valence-electron chi connectivity index (χ2n) is 6.23. The van der Waals surface area contributed by atoms with Crippen LogP contribution >= 0.6 is 11.6 Å². The fourth-order valence-electron chi connectivity index (χ4n) is 3.05. The summed E-state index contributed by atoms with van der Waals surface area (Å²) in [6.45, 7) is 0.929. The first kappa shape index (κ1) is 17.4. The van der Waals surface area contributed by atoms with Gasteiger partial charge in [-0.05, 0) is 42.3 Å². The van der Waals surface area contributed by atoms with Crippen LogP contribution in [0.1, 0.15) is 33.6 Å². The topological polar surface area (TPSA) is 81.0 Å². The number of carbonyl (C=O) groups excluding carboxylic acids is 2. The molecule has 0 saturated heterocycles. The van der Waals surface area contributed by atoms with Crippen LogP contribution in [0.5, 0.6) is 0 Å². The second-order valence-corrected chi connectivity index (χ2v) is 6.67. The Hall–Kier alpha value is -3.06. The van der Waals surface area contributed by atoms with E-state index in [1.807, 2.05) is 12.1 Å². The molecule has 0 bridgehead atoms. The van der Waals surface area contributed by atoms with Gasteiger partial charge in [0.05, 0.1) is 17.7 Å². The first-order chi connectivity index (χ1) is 13.1. The van der Waals surface area contributed by atoms with Crippen LogP contribution < -0.4 is 0 Å². The van der Waals surface area contributed by atoms with E-state index in [4.69, 9.17) is 11.6 Å². The van der Waals surface area contributed by atoms with Crippen LogP contribution in [0.3, 0.4) is 0 Å². The van der Waals surface area contributed by atoms with E-state index in [9.17, 15) is 9.59 Å². The van der Waals surface area contributed by atoms with E-state index in [0.29, 0.717) is 41.5 Å². The maximum atomic E-state index is 12.3. The fourth-order valence-corrected chi connectivity index (χ4v) is 3.24. The van der Waals surface area contributed by atoms with Crippen molar-refractivity contribution < 1.29 is 9.59 Å². The van der Waals surface area contributed by atoms with Crippen molar-refractivity contribution in [2.45, 2.75) is 19.4 Å². The molecule has 0 aliphatic carbocycles. The number of halogens is 1. The Morgan fingerprint density at radius 1 is 0.889 bits per heavy atom. The van der Waals surface area contributed by atoms with E-state index in [2.05, 4.69) is 15.4 Å². The number of carbonyl (C=O) groups is 2. The average Bonchev–Trinajstić information content (AvgIpc) is 3.24. The lowest BCUT2D eigenvalue weighted by Crippen LogP contribution is -2.30. The van der Waals surface area contributed by atoms with Gasteiger partial charge in [-0.1, -0.05) is 35.9 Å². The molecule has 0 unspecified atom stereocenters. The van der Waals surface area contributed by atoms with E-state index in [1.54, 1.807) is 36.4 Å². The van der Waals surface area contributed by atoms with Gasteiger partial charge in [0, 0.05) is 17.1 Å². The maximum absolute atomic E-state index is 12.3. The molecule has 0 saturated carbocycles. The zero-order chi connectivity index (χ0) is 18.8. The van der Waals surface area contributed by atoms with Crippen molar-refractivity contribution in [2.24, 2.45) is 0 Å². The van der Waals surface area contributed by atoms with Gasteiger partial charge in [-0.2, -0.15) is 4.80 Å². The van der Waals surface area contributed by atoms with Crippen LogP contribution in [0.25, 0.3) is 11.4 Å². The summed E-state index contributed by atoms with van der Waals surface area (Å²) >= 11 is 5.98. The van der Waals surface area contributed by atoms with Crippen LogP contribution in [0, 0.1) is 0 Å². The quantitative estimate of drug-likeness (QED) is 0.484. The Kier molecular flexibility index (Phi) is 4.68. The lowest BCUT2D eigenvalue weighted by molar-refractivity contribution is 0.0651. The summed E-state index contributed by atoms with van der Waals surface area (Å²) in [5.41, 5.74) is 1.76. The molecule has 3 aromatic rings. The van der Waals surface area contributed by atoms with E-state index in [-0.39, 0.29) is 11.8 Å². The molecular formula is C19H16ClN5O2. The molecule has 1 aliphatic rings. The van der Waals surface area contributed by atoms with Crippen molar-refractivity contribution >= 4 is 23.4 Å². The van der Waals surface area contributed by atoms with E-state index in [0.717, 1.165) is 12.0 Å². The van der Waals surface area contributed by atoms with Gasteiger partial charge < -0.3 is 0 Å². The maximum Gasteiger partial charge on any atom is 0.261 e. The number of unbranched alkanes of at least 4 members (excludes halogenated alkanes) is 1. The normalized spacial score (nSPS) is 13.3. The molecule has 2 heterocycles. The molecule has 0 N–H and O–H groups in total. The lowest BCUT2D eigenvalue weighted by atomic mass is 10.1. The van der Waals surface area contributed by atoms with Crippen molar-refractivity contribution in [1.82, 2.24) is 25.1 Å². The minimum Gasteiger partial charge on any atom is -0.274 e. The van der Waals surface area contributed by atoms with Gasteiger partial charge in [0.1, 0.15) is 0 Å². The number of nitrogens with zero attached hydrogens (tertiary/aromatic N) is 5. The van der Waals surface area contributed by atoms with E-state index >= 15 is 0 Å². The smallest absolute Gasteiger partial charge is 0.261 e. The molecule has 2 amide bonds. The number of benzene rings is 2. The van der Waals surface area contributed by atoms with Gasteiger partial charge >= 0.3 is 0 Å². The minimum absolute atomic E-state index is 0.224. The van der Waals surface area contributed by atoms with Gasteiger partial charge in [-0.3, -0.25) is 14.5 Å². The number of hydrogen-bond donors (Lipinski definition) is 0. The summed E-state index contributed by atoms with van der Waals surface area (Å²) in [6, 6.07) is 14.2. The van der Waals surface area contributed by atoms with Crippen molar-refractivity contribution in [3.8, 4) is 11.4 Å². The largest absolute Gasteiger partial charge is 0.274 e. The van der Waals surface area contributed by atoms with E-state index < -0.39 is 0 Å². The second kappa shape index (κ2) is 7.28. The predicted molar refractivity (Wildman–Crippen MR) is 99.3 cm³/mol. The molecule has 0 spiro atoms. The molecule has 0 fully saturated rings. The number of imide groups is 1. The highest BCUT2D eigenvalue weighted by atomic mass is 35.5.